The lowest BCUT2D eigenvalue weighted by atomic mass is 10.1. The van der Waals surface area contributed by atoms with Crippen LogP contribution in [-0.4, -0.2) is 57.8 Å². The van der Waals surface area contributed by atoms with Crippen molar-refractivity contribution in [2.75, 3.05) is 26.0 Å². The van der Waals surface area contributed by atoms with Gasteiger partial charge in [0, 0.05) is 23.8 Å². The lowest BCUT2D eigenvalue weighted by Crippen LogP contribution is -2.45. The van der Waals surface area contributed by atoms with Gasteiger partial charge in [0.05, 0.1) is 31.8 Å². The van der Waals surface area contributed by atoms with Gasteiger partial charge in [0.2, 0.25) is 17.7 Å². The summed E-state index contributed by atoms with van der Waals surface area (Å²) in [5.41, 5.74) is 0. The number of carbonyl (C=O) groups excluding carboxylic acids is 1. The standard InChI is InChI=1S/C17H20N4O3S/c1-23-15-9-19-10-16(20-15)24-13-3-2-8-21(11-13)17(22)12-25-14-4-6-18-7-5-14/h4-7,9-10,13H,2-3,8,11-12H2,1H3. The summed E-state index contributed by atoms with van der Waals surface area (Å²) in [7, 11) is 1.54. The Kier molecular flexibility index (Phi) is 6.05. The maximum Gasteiger partial charge on any atom is 0.235 e. The molecule has 0 radical (unpaired) electrons. The summed E-state index contributed by atoms with van der Waals surface area (Å²) in [6, 6.07) is 3.81. The SMILES string of the molecule is COc1cncc(OC2CCCN(C(=O)CSc3ccncc3)C2)n1. The molecule has 1 atom stereocenters. The minimum absolute atomic E-state index is 0.0787. The van der Waals surface area contributed by atoms with Crippen LogP contribution in [0.1, 0.15) is 12.8 Å². The largest absolute Gasteiger partial charge is 0.480 e. The summed E-state index contributed by atoms with van der Waals surface area (Å²) in [5, 5.41) is 0. The van der Waals surface area contributed by atoms with E-state index in [4.69, 9.17) is 9.47 Å². The molecule has 132 valence electrons. The van der Waals surface area contributed by atoms with Gasteiger partial charge in [-0.1, -0.05) is 0 Å². The Hall–Kier alpha value is -2.35. The third kappa shape index (κ3) is 5.06. The van der Waals surface area contributed by atoms with Crippen LogP contribution in [0.3, 0.4) is 0 Å². The van der Waals surface area contributed by atoms with Gasteiger partial charge in [0.1, 0.15) is 6.10 Å². The Morgan fingerprint density at radius 2 is 2.08 bits per heavy atom. The molecule has 0 spiro atoms. The third-order valence-corrected chi connectivity index (χ3v) is 4.83. The monoisotopic (exact) mass is 360 g/mol. The first kappa shape index (κ1) is 17.5. The molecule has 7 nitrogen and oxygen atoms in total. The first-order valence-electron chi connectivity index (χ1n) is 8.08. The van der Waals surface area contributed by atoms with Gasteiger partial charge in [-0.05, 0) is 25.0 Å². The predicted molar refractivity (Wildman–Crippen MR) is 93.8 cm³/mol. The summed E-state index contributed by atoms with van der Waals surface area (Å²) < 4.78 is 10.9. The first-order valence-corrected chi connectivity index (χ1v) is 9.06. The number of hydrogen-bond donors (Lipinski definition) is 0. The van der Waals surface area contributed by atoms with Crippen LogP contribution >= 0.6 is 11.8 Å². The van der Waals surface area contributed by atoms with Crippen LogP contribution in [0.25, 0.3) is 0 Å². The maximum atomic E-state index is 12.5. The van der Waals surface area contributed by atoms with Crippen molar-refractivity contribution in [3.05, 3.63) is 36.9 Å². The molecule has 2 aromatic heterocycles. The van der Waals surface area contributed by atoms with Gasteiger partial charge in [-0.3, -0.25) is 14.8 Å². The number of methoxy groups -OCH3 is 1. The Morgan fingerprint density at radius 1 is 1.28 bits per heavy atom. The van der Waals surface area contributed by atoms with E-state index >= 15 is 0 Å². The summed E-state index contributed by atoms with van der Waals surface area (Å²) in [6.45, 7) is 1.33. The Morgan fingerprint density at radius 3 is 2.88 bits per heavy atom. The van der Waals surface area contributed by atoms with E-state index in [1.807, 2.05) is 17.0 Å². The molecule has 0 aromatic carbocycles. The average molecular weight is 360 g/mol. The van der Waals surface area contributed by atoms with E-state index in [2.05, 4.69) is 15.0 Å². The Balaban J connectivity index is 1.52. The fourth-order valence-electron chi connectivity index (χ4n) is 2.59. The number of likely N-dealkylation sites (tertiary alicyclic amines) is 1. The lowest BCUT2D eigenvalue weighted by Gasteiger charge is -2.32. The number of piperidine rings is 1. The summed E-state index contributed by atoms with van der Waals surface area (Å²) in [5.74, 6) is 1.36. The van der Waals surface area contributed by atoms with Gasteiger partial charge in [-0.15, -0.1) is 11.8 Å². The summed E-state index contributed by atoms with van der Waals surface area (Å²) >= 11 is 1.52. The number of rotatable bonds is 6. The van der Waals surface area contributed by atoms with Crippen LogP contribution in [0.15, 0.2) is 41.8 Å². The molecule has 1 amide bonds. The topological polar surface area (TPSA) is 77.4 Å². The highest BCUT2D eigenvalue weighted by Crippen LogP contribution is 2.21. The second kappa shape index (κ2) is 8.66. The third-order valence-electron chi connectivity index (χ3n) is 3.83. The molecule has 0 saturated carbocycles. The number of pyridine rings is 1. The smallest absolute Gasteiger partial charge is 0.235 e. The van der Waals surface area contributed by atoms with Crippen LogP contribution in [0.4, 0.5) is 0 Å². The van der Waals surface area contributed by atoms with Crippen LogP contribution < -0.4 is 9.47 Å². The lowest BCUT2D eigenvalue weighted by molar-refractivity contribution is -0.130. The van der Waals surface area contributed by atoms with Gasteiger partial charge in [0.25, 0.3) is 0 Å². The van der Waals surface area contributed by atoms with Gasteiger partial charge in [-0.25, -0.2) is 0 Å². The number of thioether (sulfide) groups is 1. The van der Waals surface area contributed by atoms with E-state index in [1.165, 1.54) is 25.1 Å². The van der Waals surface area contributed by atoms with E-state index < -0.39 is 0 Å². The highest BCUT2D eigenvalue weighted by atomic mass is 32.2. The van der Waals surface area contributed by atoms with Gasteiger partial charge >= 0.3 is 0 Å². The normalized spacial score (nSPS) is 17.2. The van der Waals surface area contributed by atoms with Crippen molar-refractivity contribution in [3.63, 3.8) is 0 Å². The van der Waals surface area contributed by atoms with Crippen molar-refractivity contribution in [2.24, 2.45) is 0 Å². The highest BCUT2D eigenvalue weighted by molar-refractivity contribution is 8.00. The number of hydrogen-bond acceptors (Lipinski definition) is 7. The molecule has 1 aliphatic heterocycles. The molecule has 3 heterocycles. The molecule has 1 unspecified atom stereocenters. The van der Waals surface area contributed by atoms with Crippen LogP contribution in [-0.2, 0) is 4.79 Å². The molecule has 25 heavy (non-hydrogen) atoms. The van der Waals surface area contributed by atoms with Crippen LogP contribution in [0.2, 0.25) is 0 Å². The number of aromatic nitrogens is 3. The van der Waals surface area contributed by atoms with E-state index in [9.17, 15) is 4.79 Å². The summed E-state index contributed by atoms with van der Waals surface area (Å²) in [4.78, 5) is 27.6. The van der Waals surface area contributed by atoms with Crippen molar-refractivity contribution in [1.82, 2.24) is 19.9 Å². The Labute approximate surface area is 150 Å². The van der Waals surface area contributed by atoms with Gasteiger partial charge in [0.15, 0.2) is 0 Å². The van der Waals surface area contributed by atoms with Crippen molar-refractivity contribution in [2.45, 2.75) is 23.8 Å². The molecule has 1 saturated heterocycles. The molecule has 2 aromatic rings. The first-order chi connectivity index (χ1) is 12.2. The van der Waals surface area contributed by atoms with Crippen LogP contribution in [0.5, 0.6) is 11.8 Å². The van der Waals surface area contributed by atoms with E-state index in [0.717, 1.165) is 24.3 Å². The molecule has 0 aliphatic carbocycles. The molecule has 3 rings (SSSR count). The van der Waals surface area contributed by atoms with E-state index in [-0.39, 0.29) is 12.0 Å². The number of ether oxygens (including phenoxy) is 2. The number of nitrogens with zero attached hydrogens (tertiary/aromatic N) is 4. The minimum Gasteiger partial charge on any atom is -0.480 e. The van der Waals surface area contributed by atoms with Crippen molar-refractivity contribution in [1.29, 1.82) is 0 Å². The van der Waals surface area contributed by atoms with Crippen LogP contribution in [0, 0.1) is 0 Å². The molecule has 1 fully saturated rings. The molecule has 8 heteroatoms. The van der Waals surface area contributed by atoms with Crippen molar-refractivity contribution >= 4 is 17.7 Å². The quantitative estimate of drug-likeness (QED) is 0.730. The molecular formula is C17H20N4O3S. The molecule has 0 N–H and O–H groups in total. The van der Waals surface area contributed by atoms with Crippen molar-refractivity contribution < 1.29 is 14.3 Å². The van der Waals surface area contributed by atoms with E-state index in [0.29, 0.717) is 24.1 Å². The zero-order valence-electron chi connectivity index (χ0n) is 14.0. The second-order valence-electron chi connectivity index (χ2n) is 5.59. The molecule has 0 bridgehead atoms. The van der Waals surface area contributed by atoms with E-state index in [1.54, 1.807) is 18.6 Å². The minimum atomic E-state index is -0.0787. The van der Waals surface area contributed by atoms with Gasteiger partial charge < -0.3 is 14.4 Å². The number of carbonyl (C=O) groups is 1. The van der Waals surface area contributed by atoms with Crippen molar-refractivity contribution in [3.8, 4) is 11.8 Å². The predicted octanol–water partition coefficient (Wildman–Crippen LogP) is 2.04. The molecule has 1 aliphatic rings. The highest BCUT2D eigenvalue weighted by Gasteiger charge is 2.25. The second-order valence-corrected chi connectivity index (χ2v) is 6.64. The zero-order valence-corrected chi connectivity index (χ0v) is 14.8. The fraction of sp³-hybridized carbons (Fsp3) is 0.412. The zero-order chi connectivity index (χ0) is 17.5. The average Bonchev–Trinajstić information content (AvgIpc) is 2.67. The summed E-state index contributed by atoms with van der Waals surface area (Å²) in [6.07, 6.45) is 8.26. The number of amides is 1. The fourth-order valence-corrected chi connectivity index (χ4v) is 3.38. The molecular weight excluding hydrogens is 340 g/mol. The van der Waals surface area contributed by atoms with Gasteiger partial charge in [-0.2, -0.15) is 4.98 Å². The maximum absolute atomic E-state index is 12.5. The Bertz CT molecular complexity index is 701.